The maximum absolute atomic E-state index is 12.1. The largest absolute Gasteiger partial charge is 0.471 e. The topological polar surface area (TPSA) is 40.5 Å². The summed E-state index contributed by atoms with van der Waals surface area (Å²) in [6.45, 7) is 1.79. The van der Waals surface area contributed by atoms with Gasteiger partial charge >= 0.3 is 12.1 Å². The summed E-state index contributed by atoms with van der Waals surface area (Å²) in [5.41, 5.74) is 0. The molecular weight excluding hydrogens is 243 g/mol. The number of thioether (sulfide) groups is 1. The van der Waals surface area contributed by atoms with Crippen molar-refractivity contribution in [2.24, 2.45) is 0 Å². The summed E-state index contributed by atoms with van der Waals surface area (Å²) < 4.78 is 36.3. The lowest BCUT2D eigenvalue weighted by Crippen LogP contribution is -2.49. The molecule has 0 radical (unpaired) electrons. The molecule has 0 unspecified atom stereocenters. The first-order chi connectivity index (χ1) is 7.28. The maximum Gasteiger partial charge on any atom is 0.471 e. The van der Waals surface area contributed by atoms with E-state index in [1.807, 2.05) is 6.92 Å². The summed E-state index contributed by atoms with van der Waals surface area (Å²) in [5.74, 6) is -1.11. The van der Waals surface area contributed by atoms with Crippen LogP contribution in [0.4, 0.5) is 13.2 Å². The maximum atomic E-state index is 12.1. The van der Waals surface area contributed by atoms with E-state index in [1.54, 1.807) is 0 Å². The molecule has 16 heavy (non-hydrogen) atoms. The minimum absolute atomic E-state index is 0.0398. The van der Waals surface area contributed by atoms with Crippen LogP contribution in [0.3, 0.4) is 0 Å². The molecule has 0 spiro atoms. The zero-order valence-corrected chi connectivity index (χ0v) is 9.70. The second-order valence-corrected chi connectivity index (χ2v) is 5.30. The molecule has 3 nitrogen and oxygen atoms in total. The molecule has 1 saturated heterocycles. The molecule has 0 bridgehead atoms. The van der Waals surface area contributed by atoms with Gasteiger partial charge in [-0.3, -0.25) is 4.79 Å². The molecule has 1 N–H and O–H groups in total. The highest BCUT2D eigenvalue weighted by Crippen LogP contribution is 2.34. The van der Waals surface area contributed by atoms with E-state index in [9.17, 15) is 23.1 Å². The first kappa shape index (κ1) is 13.6. The van der Waals surface area contributed by atoms with Crippen LogP contribution in [0.5, 0.6) is 0 Å². The van der Waals surface area contributed by atoms with Crippen LogP contribution in [0, 0.1) is 0 Å². The second kappa shape index (κ2) is 4.83. The van der Waals surface area contributed by atoms with Gasteiger partial charge in [-0.15, -0.1) is 11.8 Å². The summed E-state index contributed by atoms with van der Waals surface area (Å²) in [7, 11) is 0. The number of hydrogen-bond donors (Lipinski definition) is 1. The van der Waals surface area contributed by atoms with Gasteiger partial charge in [0.2, 0.25) is 0 Å². The van der Waals surface area contributed by atoms with Gasteiger partial charge < -0.3 is 10.0 Å². The highest BCUT2D eigenvalue weighted by Gasteiger charge is 2.45. The molecule has 1 aliphatic heterocycles. The van der Waals surface area contributed by atoms with Crippen LogP contribution in [-0.2, 0) is 4.79 Å². The zero-order chi connectivity index (χ0) is 12.4. The number of rotatable bonds is 2. The number of amides is 1. The number of alkyl halides is 3. The van der Waals surface area contributed by atoms with E-state index < -0.39 is 17.0 Å². The number of likely N-dealkylation sites (tertiary alicyclic amines) is 1. The van der Waals surface area contributed by atoms with Crippen molar-refractivity contribution in [1.82, 2.24) is 4.90 Å². The summed E-state index contributed by atoms with van der Waals surface area (Å²) in [6.07, 6.45) is -4.44. The molecule has 7 heteroatoms. The van der Waals surface area contributed by atoms with Gasteiger partial charge in [0.25, 0.3) is 0 Å². The molecule has 94 valence electrons. The van der Waals surface area contributed by atoms with E-state index in [0.717, 1.165) is 4.90 Å². The number of halogens is 3. The van der Waals surface area contributed by atoms with Gasteiger partial charge in [0.15, 0.2) is 0 Å². The van der Waals surface area contributed by atoms with Crippen LogP contribution >= 0.6 is 11.8 Å². The van der Waals surface area contributed by atoms with Crippen LogP contribution < -0.4 is 0 Å². The van der Waals surface area contributed by atoms with E-state index in [-0.39, 0.29) is 25.9 Å². The average Bonchev–Trinajstić information content (AvgIpc) is 2.16. The Kier molecular flexibility index (Phi) is 4.12. The van der Waals surface area contributed by atoms with Crippen molar-refractivity contribution in [2.75, 3.05) is 18.8 Å². The molecule has 1 aliphatic rings. The minimum atomic E-state index is -4.81. The normalized spacial score (nSPS) is 20.9. The molecule has 0 aromatic rings. The average molecular weight is 257 g/mol. The second-order valence-electron chi connectivity index (χ2n) is 3.67. The Balaban J connectivity index is 2.52. The molecule has 0 aromatic carbocycles. The predicted octanol–water partition coefficient (Wildman–Crippen LogP) is 1.61. The van der Waals surface area contributed by atoms with Crippen molar-refractivity contribution in [1.29, 1.82) is 0 Å². The highest BCUT2D eigenvalue weighted by atomic mass is 32.2. The van der Waals surface area contributed by atoms with E-state index in [1.165, 1.54) is 11.8 Å². The van der Waals surface area contributed by atoms with Crippen LogP contribution in [0.2, 0.25) is 0 Å². The van der Waals surface area contributed by atoms with Crippen molar-refractivity contribution in [3.8, 4) is 0 Å². The fraction of sp³-hybridized carbons (Fsp3) is 0.889. The number of hydrogen-bond acceptors (Lipinski definition) is 3. The van der Waals surface area contributed by atoms with Crippen molar-refractivity contribution >= 4 is 17.7 Å². The smallest absolute Gasteiger partial charge is 0.379 e. The number of carbonyl (C=O) groups is 1. The van der Waals surface area contributed by atoms with Crippen molar-refractivity contribution in [2.45, 2.75) is 30.9 Å². The van der Waals surface area contributed by atoms with Crippen molar-refractivity contribution < 1.29 is 23.1 Å². The Morgan fingerprint density at radius 3 is 2.31 bits per heavy atom. The fourth-order valence-corrected chi connectivity index (χ4v) is 2.66. The Morgan fingerprint density at radius 2 is 1.94 bits per heavy atom. The van der Waals surface area contributed by atoms with E-state index in [0.29, 0.717) is 5.75 Å². The van der Waals surface area contributed by atoms with Crippen LogP contribution in [0.15, 0.2) is 0 Å². The number of piperidine rings is 1. The highest BCUT2D eigenvalue weighted by molar-refractivity contribution is 8.00. The molecule has 1 fully saturated rings. The zero-order valence-electron chi connectivity index (χ0n) is 8.88. The summed E-state index contributed by atoms with van der Waals surface area (Å²) in [5, 5.41) is 9.92. The quantitative estimate of drug-likeness (QED) is 0.764. The van der Waals surface area contributed by atoms with Gasteiger partial charge in [-0.2, -0.15) is 13.2 Å². The number of nitrogens with zero attached hydrogens (tertiary/aromatic N) is 1. The monoisotopic (exact) mass is 257 g/mol. The van der Waals surface area contributed by atoms with E-state index in [4.69, 9.17) is 0 Å². The van der Waals surface area contributed by atoms with Crippen molar-refractivity contribution in [3.05, 3.63) is 0 Å². The van der Waals surface area contributed by atoms with Gasteiger partial charge in [-0.1, -0.05) is 6.92 Å². The Labute approximate surface area is 96.0 Å². The first-order valence-electron chi connectivity index (χ1n) is 5.01. The SMILES string of the molecule is CCSC1(O)CCN(C(=O)C(F)(F)F)CC1. The predicted molar refractivity (Wildman–Crippen MR) is 55.0 cm³/mol. The minimum Gasteiger partial charge on any atom is -0.379 e. The molecule has 0 atom stereocenters. The standard InChI is InChI=1S/C9H14F3NO2S/c1-2-16-8(15)3-5-13(6-4-8)7(14)9(10,11)12/h15H,2-6H2,1H3. The lowest BCUT2D eigenvalue weighted by Gasteiger charge is -2.37. The van der Waals surface area contributed by atoms with E-state index in [2.05, 4.69) is 0 Å². The summed E-state index contributed by atoms with van der Waals surface area (Å²) >= 11 is 1.31. The summed E-state index contributed by atoms with van der Waals surface area (Å²) in [6, 6.07) is 0. The molecule has 0 aromatic heterocycles. The molecule has 1 rings (SSSR count). The number of aliphatic hydroxyl groups is 1. The van der Waals surface area contributed by atoms with Crippen LogP contribution in [0.25, 0.3) is 0 Å². The third-order valence-corrected chi connectivity index (χ3v) is 3.72. The molecular formula is C9H14F3NO2S. The lowest BCUT2D eigenvalue weighted by atomic mass is 10.1. The first-order valence-corrected chi connectivity index (χ1v) is 5.99. The van der Waals surface area contributed by atoms with Gasteiger partial charge in [0.1, 0.15) is 4.93 Å². The van der Waals surface area contributed by atoms with Gasteiger partial charge in [-0.25, -0.2) is 0 Å². The number of carbonyl (C=O) groups excluding carboxylic acids is 1. The van der Waals surface area contributed by atoms with Gasteiger partial charge in [0.05, 0.1) is 0 Å². The van der Waals surface area contributed by atoms with Crippen LogP contribution in [-0.4, -0.2) is 45.9 Å². The fourth-order valence-electron chi connectivity index (χ4n) is 1.65. The van der Waals surface area contributed by atoms with Gasteiger partial charge in [0, 0.05) is 25.9 Å². The van der Waals surface area contributed by atoms with Crippen LogP contribution in [0.1, 0.15) is 19.8 Å². The molecule has 0 aliphatic carbocycles. The van der Waals surface area contributed by atoms with E-state index >= 15 is 0 Å². The third-order valence-electron chi connectivity index (χ3n) is 2.49. The molecule has 1 amide bonds. The molecule has 0 saturated carbocycles. The Bertz CT molecular complexity index is 262. The van der Waals surface area contributed by atoms with Crippen molar-refractivity contribution in [3.63, 3.8) is 0 Å². The third kappa shape index (κ3) is 3.28. The molecule has 1 heterocycles. The van der Waals surface area contributed by atoms with Gasteiger partial charge in [-0.05, 0) is 5.75 Å². The Morgan fingerprint density at radius 1 is 1.44 bits per heavy atom. The lowest BCUT2D eigenvalue weighted by molar-refractivity contribution is -0.187. The Hall–Kier alpha value is -0.430. The summed E-state index contributed by atoms with van der Waals surface area (Å²) in [4.78, 5) is 10.7.